The molecular weight excluding hydrogens is 228 g/mol. The minimum atomic E-state index is -0.213. The van der Waals surface area contributed by atoms with Crippen LogP contribution in [-0.2, 0) is 0 Å². The molecule has 0 amide bonds. The highest BCUT2D eigenvalue weighted by Crippen LogP contribution is 2.21. The summed E-state index contributed by atoms with van der Waals surface area (Å²) < 4.78 is 0. The second kappa shape index (κ2) is 8.10. The van der Waals surface area contributed by atoms with Gasteiger partial charge in [-0.25, -0.2) is 0 Å². The predicted octanol–water partition coefficient (Wildman–Crippen LogP) is 0.686. The van der Waals surface area contributed by atoms with Crippen LogP contribution in [-0.4, -0.2) is 60.0 Å². The van der Waals surface area contributed by atoms with Crippen LogP contribution in [0.1, 0.15) is 33.6 Å². The van der Waals surface area contributed by atoms with Gasteiger partial charge >= 0.3 is 0 Å². The van der Waals surface area contributed by atoms with E-state index in [0.717, 1.165) is 32.5 Å². The minimum absolute atomic E-state index is 0.200. The number of likely N-dealkylation sites (tertiary alicyclic amines) is 1. The van der Waals surface area contributed by atoms with Gasteiger partial charge in [0.2, 0.25) is 0 Å². The summed E-state index contributed by atoms with van der Waals surface area (Å²) in [4.78, 5) is 2.27. The summed E-state index contributed by atoms with van der Waals surface area (Å²) in [7, 11) is 0. The van der Waals surface area contributed by atoms with E-state index >= 15 is 0 Å². The summed E-state index contributed by atoms with van der Waals surface area (Å²) >= 11 is 0. The molecule has 18 heavy (non-hydrogen) atoms. The topological polar surface area (TPSA) is 55.7 Å². The maximum absolute atomic E-state index is 10.0. The lowest BCUT2D eigenvalue weighted by molar-refractivity contribution is 0.0296. The molecule has 108 valence electrons. The Morgan fingerprint density at radius 1 is 1.33 bits per heavy atom. The standard InChI is InChI=1S/C14H30N2O2/c1-4-14(18)12-7-13(15-8-11(2)3)10-16(9-12)5-6-17/h11-15,17-18H,4-10H2,1-3H3. The van der Waals surface area contributed by atoms with Gasteiger partial charge in [-0.1, -0.05) is 20.8 Å². The third-order valence-corrected chi connectivity index (χ3v) is 3.75. The Morgan fingerprint density at radius 2 is 2.06 bits per heavy atom. The number of hydrogen-bond donors (Lipinski definition) is 3. The Kier molecular flexibility index (Phi) is 7.15. The first-order chi connectivity index (χ1) is 8.56. The Morgan fingerprint density at radius 3 is 2.61 bits per heavy atom. The second-order valence-electron chi connectivity index (χ2n) is 5.95. The van der Waals surface area contributed by atoms with Crippen LogP contribution in [0.15, 0.2) is 0 Å². The van der Waals surface area contributed by atoms with E-state index in [4.69, 9.17) is 5.11 Å². The molecule has 0 aromatic carbocycles. The maximum Gasteiger partial charge on any atom is 0.0578 e. The smallest absolute Gasteiger partial charge is 0.0578 e. The Balaban J connectivity index is 2.50. The van der Waals surface area contributed by atoms with Gasteiger partial charge in [-0.15, -0.1) is 0 Å². The van der Waals surface area contributed by atoms with Crippen molar-refractivity contribution in [2.75, 3.05) is 32.8 Å². The van der Waals surface area contributed by atoms with Crippen LogP contribution in [0.2, 0.25) is 0 Å². The van der Waals surface area contributed by atoms with Crippen molar-refractivity contribution in [2.24, 2.45) is 11.8 Å². The molecule has 4 heteroatoms. The van der Waals surface area contributed by atoms with Crippen LogP contribution >= 0.6 is 0 Å². The van der Waals surface area contributed by atoms with E-state index in [2.05, 4.69) is 24.1 Å². The van der Waals surface area contributed by atoms with E-state index in [0.29, 0.717) is 24.4 Å². The minimum Gasteiger partial charge on any atom is -0.395 e. The van der Waals surface area contributed by atoms with Gasteiger partial charge in [-0.3, -0.25) is 4.90 Å². The molecule has 1 fully saturated rings. The van der Waals surface area contributed by atoms with Gasteiger partial charge in [-0.05, 0) is 31.2 Å². The third-order valence-electron chi connectivity index (χ3n) is 3.75. The quantitative estimate of drug-likeness (QED) is 0.629. The predicted molar refractivity (Wildman–Crippen MR) is 74.6 cm³/mol. The van der Waals surface area contributed by atoms with Crippen molar-refractivity contribution in [1.29, 1.82) is 0 Å². The molecule has 1 aliphatic rings. The van der Waals surface area contributed by atoms with E-state index in [-0.39, 0.29) is 12.7 Å². The molecule has 1 saturated heterocycles. The van der Waals surface area contributed by atoms with Crippen LogP contribution < -0.4 is 5.32 Å². The van der Waals surface area contributed by atoms with Crippen LogP contribution in [0.25, 0.3) is 0 Å². The molecule has 1 heterocycles. The molecule has 1 rings (SSSR count). The van der Waals surface area contributed by atoms with Gasteiger partial charge in [-0.2, -0.15) is 0 Å². The highest BCUT2D eigenvalue weighted by molar-refractivity contribution is 4.86. The van der Waals surface area contributed by atoms with Crippen LogP contribution in [0.4, 0.5) is 0 Å². The summed E-state index contributed by atoms with van der Waals surface area (Å²) in [5, 5.41) is 22.7. The Labute approximate surface area is 111 Å². The van der Waals surface area contributed by atoms with E-state index < -0.39 is 0 Å². The summed E-state index contributed by atoms with van der Waals surface area (Å²) in [6, 6.07) is 0.443. The molecule has 0 radical (unpaired) electrons. The third kappa shape index (κ3) is 5.22. The fourth-order valence-corrected chi connectivity index (χ4v) is 2.72. The highest BCUT2D eigenvalue weighted by Gasteiger charge is 2.30. The van der Waals surface area contributed by atoms with Crippen molar-refractivity contribution in [3.05, 3.63) is 0 Å². The van der Waals surface area contributed by atoms with Crippen molar-refractivity contribution in [1.82, 2.24) is 10.2 Å². The van der Waals surface area contributed by atoms with Crippen molar-refractivity contribution in [3.63, 3.8) is 0 Å². The molecule has 0 aromatic heterocycles. The van der Waals surface area contributed by atoms with Gasteiger partial charge in [0.15, 0.2) is 0 Å². The molecule has 3 atom stereocenters. The van der Waals surface area contributed by atoms with E-state index in [1.54, 1.807) is 0 Å². The van der Waals surface area contributed by atoms with Gasteiger partial charge < -0.3 is 15.5 Å². The number of hydrogen-bond acceptors (Lipinski definition) is 4. The van der Waals surface area contributed by atoms with E-state index in [9.17, 15) is 5.11 Å². The molecule has 0 aliphatic carbocycles. The second-order valence-corrected chi connectivity index (χ2v) is 5.95. The first-order valence-electron chi connectivity index (χ1n) is 7.31. The SMILES string of the molecule is CCC(O)C1CC(NCC(C)C)CN(CCO)C1. The van der Waals surface area contributed by atoms with Gasteiger partial charge in [0.05, 0.1) is 12.7 Å². The van der Waals surface area contributed by atoms with E-state index in [1.165, 1.54) is 0 Å². The number of piperidine rings is 1. The monoisotopic (exact) mass is 258 g/mol. The molecular formula is C14H30N2O2. The zero-order valence-corrected chi connectivity index (χ0v) is 12.1. The Bertz CT molecular complexity index is 224. The lowest BCUT2D eigenvalue weighted by Gasteiger charge is -2.40. The lowest BCUT2D eigenvalue weighted by atomic mass is 9.88. The molecule has 3 N–H and O–H groups in total. The van der Waals surface area contributed by atoms with Gasteiger partial charge in [0.1, 0.15) is 0 Å². The first kappa shape index (κ1) is 15.9. The van der Waals surface area contributed by atoms with Crippen molar-refractivity contribution >= 4 is 0 Å². The lowest BCUT2D eigenvalue weighted by Crippen LogP contribution is -2.52. The molecule has 0 saturated carbocycles. The molecule has 0 aromatic rings. The molecule has 0 bridgehead atoms. The summed E-state index contributed by atoms with van der Waals surface area (Å²) in [6.07, 6.45) is 1.65. The van der Waals surface area contributed by atoms with Crippen LogP contribution in [0, 0.1) is 11.8 Å². The number of rotatable bonds is 7. The molecule has 4 nitrogen and oxygen atoms in total. The molecule has 0 spiro atoms. The Hall–Kier alpha value is -0.160. The normalized spacial score (nSPS) is 27.7. The largest absolute Gasteiger partial charge is 0.395 e. The van der Waals surface area contributed by atoms with Crippen molar-refractivity contribution in [2.45, 2.75) is 45.8 Å². The molecule has 1 aliphatic heterocycles. The number of β-amino-alcohol motifs (C(OH)–C–C–N with tert-alkyl or cyclic N) is 1. The summed E-state index contributed by atoms with van der Waals surface area (Å²) in [5.41, 5.74) is 0. The number of aliphatic hydroxyl groups excluding tert-OH is 2. The van der Waals surface area contributed by atoms with Gasteiger partial charge in [0, 0.05) is 25.7 Å². The zero-order valence-electron chi connectivity index (χ0n) is 12.1. The zero-order chi connectivity index (χ0) is 13.5. The fraction of sp³-hybridized carbons (Fsp3) is 1.00. The van der Waals surface area contributed by atoms with Crippen LogP contribution in [0.5, 0.6) is 0 Å². The average molecular weight is 258 g/mol. The van der Waals surface area contributed by atoms with E-state index in [1.807, 2.05) is 6.92 Å². The van der Waals surface area contributed by atoms with Crippen molar-refractivity contribution < 1.29 is 10.2 Å². The number of aliphatic hydroxyl groups is 2. The van der Waals surface area contributed by atoms with Crippen molar-refractivity contribution in [3.8, 4) is 0 Å². The van der Waals surface area contributed by atoms with Gasteiger partial charge in [0.25, 0.3) is 0 Å². The van der Waals surface area contributed by atoms with Crippen LogP contribution in [0.3, 0.4) is 0 Å². The maximum atomic E-state index is 10.0. The number of nitrogens with zero attached hydrogens (tertiary/aromatic N) is 1. The fourth-order valence-electron chi connectivity index (χ4n) is 2.72. The summed E-state index contributed by atoms with van der Waals surface area (Å²) in [5.74, 6) is 0.979. The first-order valence-corrected chi connectivity index (χ1v) is 7.31. The number of nitrogens with one attached hydrogen (secondary N) is 1. The molecule has 3 unspecified atom stereocenters. The highest BCUT2D eigenvalue weighted by atomic mass is 16.3. The average Bonchev–Trinajstić information content (AvgIpc) is 2.35. The summed E-state index contributed by atoms with van der Waals surface area (Å²) in [6.45, 7) is 10.3.